The molecular weight excluding hydrogens is 266 g/mol. The zero-order valence-electron chi connectivity index (χ0n) is 13.1. The molecule has 0 fully saturated rings. The van der Waals surface area contributed by atoms with E-state index in [0.717, 1.165) is 18.5 Å². The van der Waals surface area contributed by atoms with Crippen LogP contribution in [0.25, 0.3) is 0 Å². The normalized spacial score (nSPS) is 12.0. The second kappa shape index (κ2) is 10.2. The minimum absolute atomic E-state index is 0.0402. The molecule has 1 atom stereocenters. The summed E-state index contributed by atoms with van der Waals surface area (Å²) in [6, 6.07) is 7.12. The van der Waals surface area contributed by atoms with Gasteiger partial charge in [-0.2, -0.15) is 0 Å². The van der Waals surface area contributed by atoms with E-state index in [2.05, 4.69) is 12.2 Å². The van der Waals surface area contributed by atoms with E-state index in [1.807, 2.05) is 19.1 Å². The number of ether oxygens (including phenoxy) is 1. The first kappa shape index (κ1) is 17.5. The van der Waals surface area contributed by atoms with Crippen LogP contribution in [0.2, 0.25) is 0 Å². The predicted octanol–water partition coefficient (Wildman–Crippen LogP) is 3.61. The topological polar surface area (TPSA) is 58.6 Å². The van der Waals surface area contributed by atoms with E-state index in [1.165, 1.54) is 19.3 Å². The molecule has 4 heteroatoms. The van der Waals surface area contributed by atoms with Crippen LogP contribution in [0.3, 0.4) is 0 Å². The van der Waals surface area contributed by atoms with E-state index in [4.69, 9.17) is 9.84 Å². The van der Waals surface area contributed by atoms with Crippen molar-refractivity contribution in [1.82, 2.24) is 0 Å². The minimum Gasteiger partial charge on any atom is -0.459 e. The molecular formula is C17H27NO3. The average molecular weight is 293 g/mol. The molecule has 0 saturated heterocycles. The SMILES string of the molecule is CCCCCCC(C)OC(=O)c1ccc(NCCO)cc1. The molecule has 1 aromatic carbocycles. The Hall–Kier alpha value is -1.55. The Morgan fingerprint density at radius 2 is 1.95 bits per heavy atom. The Morgan fingerprint density at radius 3 is 2.57 bits per heavy atom. The zero-order chi connectivity index (χ0) is 15.5. The number of hydrogen-bond acceptors (Lipinski definition) is 4. The molecule has 0 aromatic heterocycles. The van der Waals surface area contributed by atoms with E-state index < -0.39 is 0 Å². The van der Waals surface area contributed by atoms with E-state index in [-0.39, 0.29) is 18.7 Å². The molecule has 0 heterocycles. The van der Waals surface area contributed by atoms with Crippen LogP contribution in [0.1, 0.15) is 56.3 Å². The Bertz CT molecular complexity index is 403. The average Bonchev–Trinajstić information content (AvgIpc) is 2.50. The van der Waals surface area contributed by atoms with Crippen LogP contribution >= 0.6 is 0 Å². The third kappa shape index (κ3) is 7.14. The van der Waals surface area contributed by atoms with Crippen LogP contribution in [-0.4, -0.2) is 30.3 Å². The minimum atomic E-state index is -0.272. The van der Waals surface area contributed by atoms with Gasteiger partial charge in [-0.05, 0) is 44.0 Å². The van der Waals surface area contributed by atoms with Crippen molar-refractivity contribution in [1.29, 1.82) is 0 Å². The third-order valence-electron chi connectivity index (χ3n) is 3.33. The molecule has 1 aromatic rings. The fraction of sp³-hybridized carbons (Fsp3) is 0.588. The number of anilines is 1. The van der Waals surface area contributed by atoms with Gasteiger partial charge in [0.25, 0.3) is 0 Å². The van der Waals surface area contributed by atoms with Gasteiger partial charge < -0.3 is 15.2 Å². The monoisotopic (exact) mass is 293 g/mol. The second-order valence-electron chi connectivity index (χ2n) is 5.29. The Balaban J connectivity index is 2.36. The molecule has 4 nitrogen and oxygen atoms in total. The summed E-state index contributed by atoms with van der Waals surface area (Å²) in [4.78, 5) is 12.0. The van der Waals surface area contributed by atoms with Gasteiger partial charge in [0.1, 0.15) is 0 Å². The standard InChI is InChI=1S/C17H27NO3/c1-3-4-5-6-7-14(2)21-17(20)15-8-10-16(11-9-15)18-12-13-19/h8-11,14,18-19H,3-7,12-13H2,1-2H3. The number of carbonyl (C=O) groups is 1. The smallest absolute Gasteiger partial charge is 0.338 e. The first-order valence-corrected chi connectivity index (χ1v) is 7.83. The van der Waals surface area contributed by atoms with Crippen molar-refractivity contribution in [3.63, 3.8) is 0 Å². The quantitative estimate of drug-likeness (QED) is 0.511. The lowest BCUT2D eigenvalue weighted by molar-refractivity contribution is 0.0319. The van der Waals surface area contributed by atoms with Crippen LogP contribution in [0, 0.1) is 0 Å². The van der Waals surface area contributed by atoms with Crippen LogP contribution < -0.4 is 5.32 Å². The second-order valence-corrected chi connectivity index (χ2v) is 5.29. The predicted molar refractivity (Wildman–Crippen MR) is 85.7 cm³/mol. The number of benzene rings is 1. The third-order valence-corrected chi connectivity index (χ3v) is 3.33. The summed E-state index contributed by atoms with van der Waals surface area (Å²) in [5.41, 5.74) is 1.44. The molecule has 0 aliphatic rings. The molecule has 0 spiro atoms. The molecule has 0 aliphatic carbocycles. The summed E-state index contributed by atoms with van der Waals surface area (Å²) in [6.07, 6.45) is 5.63. The van der Waals surface area contributed by atoms with Gasteiger partial charge in [0.05, 0.1) is 18.3 Å². The summed E-state index contributed by atoms with van der Waals surface area (Å²) < 4.78 is 5.44. The highest BCUT2D eigenvalue weighted by Gasteiger charge is 2.11. The van der Waals surface area contributed by atoms with Gasteiger partial charge in [-0.15, -0.1) is 0 Å². The Kier molecular flexibility index (Phi) is 8.51. The first-order valence-electron chi connectivity index (χ1n) is 7.83. The van der Waals surface area contributed by atoms with Crippen molar-refractivity contribution >= 4 is 11.7 Å². The molecule has 1 unspecified atom stereocenters. The summed E-state index contributed by atoms with van der Waals surface area (Å²) >= 11 is 0. The molecule has 0 amide bonds. The number of carbonyl (C=O) groups excluding carboxylic acids is 1. The van der Waals surface area contributed by atoms with Gasteiger partial charge in [0.15, 0.2) is 0 Å². The van der Waals surface area contributed by atoms with Crippen molar-refractivity contribution in [2.45, 2.75) is 52.1 Å². The summed E-state index contributed by atoms with van der Waals surface area (Å²) in [5, 5.41) is 11.8. The fourth-order valence-corrected chi connectivity index (χ4v) is 2.09. The van der Waals surface area contributed by atoms with Crippen molar-refractivity contribution in [2.24, 2.45) is 0 Å². The lowest BCUT2D eigenvalue weighted by atomic mass is 10.1. The highest BCUT2D eigenvalue weighted by Crippen LogP contribution is 2.13. The van der Waals surface area contributed by atoms with E-state index >= 15 is 0 Å². The zero-order valence-corrected chi connectivity index (χ0v) is 13.1. The molecule has 0 radical (unpaired) electrons. The number of esters is 1. The summed E-state index contributed by atoms with van der Waals surface area (Å²) in [6.45, 7) is 4.71. The van der Waals surface area contributed by atoms with Gasteiger partial charge >= 0.3 is 5.97 Å². The fourth-order valence-electron chi connectivity index (χ4n) is 2.09. The lowest BCUT2D eigenvalue weighted by Crippen LogP contribution is -2.15. The van der Waals surface area contributed by atoms with Crippen LogP contribution in [0.4, 0.5) is 5.69 Å². The number of nitrogens with one attached hydrogen (secondary N) is 1. The molecule has 1 rings (SSSR count). The van der Waals surface area contributed by atoms with Crippen molar-refractivity contribution in [2.75, 3.05) is 18.5 Å². The maximum atomic E-state index is 12.0. The first-order chi connectivity index (χ1) is 10.2. The highest BCUT2D eigenvalue weighted by atomic mass is 16.5. The number of hydrogen-bond donors (Lipinski definition) is 2. The molecule has 21 heavy (non-hydrogen) atoms. The van der Waals surface area contributed by atoms with E-state index in [9.17, 15) is 4.79 Å². The van der Waals surface area contributed by atoms with Crippen molar-refractivity contribution < 1.29 is 14.6 Å². The maximum Gasteiger partial charge on any atom is 0.338 e. The van der Waals surface area contributed by atoms with Gasteiger partial charge in [-0.25, -0.2) is 4.79 Å². The van der Waals surface area contributed by atoms with Gasteiger partial charge in [-0.3, -0.25) is 0 Å². The molecule has 2 N–H and O–H groups in total. The largest absolute Gasteiger partial charge is 0.459 e. The molecule has 118 valence electrons. The van der Waals surface area contributed by atoms with Gasteiger partial charge in [-0.1, -0.05) is 26.2 Å². The molecule has 0 saturated carbocycles. The number of rotatable bonds is 10. The number of unbranched alkanes of at least 4 members (excludes halogenated alkanes) is 3. The van der Waals surface area contributed by atoms with Crippen LogP contribution in [0.15, 0.2) is 24.3 Å². The van der Waals surface area contributed by atoms with Gasteiger partial charge in [0, 0.05) is 12.2 Å². The summed E-state index contributed by atoms with van der Waals surface area (Å²) in [5.74, 6) is -0.272. The lowest BCUT2D eigenvalue weighted by Gasteiger charge is -2.13. The van der Waals surface area contributed by atoms with E-state index in [1.54, 1.807) is 12.1 Å². The van der Waals surface area contributed by atoms with Crippen LogP contribution in [0.5, 0.6) is 0 Å². The van der Waals surface area contributed by atoms with Crippen LogP contribution in [-0.2, 0) is 4.74 Å². The maximum absolute atomic E-state index is 12.0. The van der Waals surface area contributed by atoms with E-state index in [0.29, 0.717) is 12.1 Å². The van der Waals surface area contributed by atoms with Crippen molar-refractivity contribution in [3.05, 3.63) is 29.8 Å². The highest BCUT2D eigenvalue weighted by molar-refractivity contribution is 5.89. The molecule has 0 bridgehead atoms. The Morgan fingerprint density at radius 1 is 1.24 bits per heavy atom. The van der Waals surface area contributed by atoms with Gasteiger partial charge in [0.2, 0.25) is 0 Å². The number of aliphatic hydroxyl groups is 1. The Labute approximate surface area is 127 Å². The number of aliphatic hydroxyl groups excluding tert-OH is 1. The summed E-state index contributed by atoms with van der Waals surface area (Å²) in [7, 11) is 0. The van der Waals surface area contributed by atoms with Crippen molar-refractivity contribution in [3.8, 4) is 0 Å². The molecule has 0 aliphatic heterocycles.